The standard InChI is InChI=1S/C43H36F4N8O4S2/c44-33-16-14-28(22-32(33)43(45,46)47)25-59-35-17-15-27(21-31(35)23-49-19-20-56)9-7-8-18-50-39(57)36-24-51-41(61-36)55-54-38(37(48)30-12-5-2-6-13-30)40(58)53-42-52-34(26-60-42)29-10-3-1-4-11-29/h1-6,10-17,21-22,24,26,48-49,56H,8,18-20,23,25H2,(H,50,57)(H,51,55)(H,52,53,58)/b48-37?,54-38+. The maximum Gasteiger partial charge on any atom is 0.419 e. The summed E-state index contributed by atoms with van der Waals surface area (Å²) in [5.74, 6) is 3.93. The van der Waals surface area contributed by atoms with Gasteiger partial charge >= 0.3 is 6.18 Å². The second kappa shape index (κ2) is 21.0. The number of hydrogen-bond acceptors (Lipinski definition) is 12. The van der Waals surface area contributed by atoms with Gasteiger partial charge in [0.25, 0.3) is 11.8 Å². The molecule has 0 aliphatic carbocycles. The molecule has 0 aliphatic heterocycles. The highest BCUT2D eigenvalue weighted by Gasteiger charge is 2.34. The summed E-state index contributed by atoms with van der Waals surface area (Å²) >= 11 is 2.23. The van der Waals surface area contributed by atoms with Gasteiger partial charge in [0.2, 0.25) is 5.13 Å². The average molecular weight is 869 g/mol. The van der Waals surface area contributed by atoms with Crippen molar-refractivity contribution in [2.24, 2.45) is 5.10 Å². The molecule has 6 N–H and O–H groups in total. The molecule has 2 amide bonds. The number of nitrogens with one attached hydrogen (secondary N) is 5. The molecule has 18 heteroatoms. The van der Waals surface area contributed by atoms with E-state index in [9.17, 15) is 32.3 Å². The third-order valence-electron chi connectivity index (χ3n) is 8.46. The number of benzene rings is 4. The molecule has 4 aromatic carbocycles. The Morgan fingerprint density at radius 3 is 2.48 bits per heavy atom. The van der Waals surface area contributed by atoms with Gasteiger partial charge in [-0.15, -0.1) is 11.3 Å². The summed E-state index contributed by atoms with van der Waals surface area (Å²) in [5.41, 5.74) is 4.36. The number of anilines is 2. The van der Waals surface area contributed by atoms with Gasteiger partial charge in [0.1, 0.15) is 23.1 Å². The van der Waals surface area contributed by atoms with Gasteiger partial charge in [-0.25, -0.2) is 14.4 Å². The number of thiazole rings is 2. The number of aromatic nitrogens is 2. The number of alkyl halides is 3. The third-order valence-corrected chi connectivity index (χ3v) is 10.1. The fourth-order valence-electron chi connectivity index (χ4n) is 5.49. The molecule has 0 aliphatic rings. The van der Waals surface area contributed by atoms with E-state index < -0.39 is 29.4 Å². The Morgan fingerprint density at radius 1 is 0.951 bits per heavy atom. The summed E-state index contributed by atoms with van der Waals surface area (Å²) in [4.78, 5) is 35.4. The first kappa shape index (κ1) is 43.8. The maximum absolute atomic E-state index is 13.7. The minimum absolute atomic E-state index is 0.115. The molecule has 0 fully saturated rings. The van der Waals surface area contributed by atoms with Gasteiger partial charge in [0.05, 0.1) is 29.8 Å². The minimum atomic E-state index is -4.85. The monoisotopic (exact) mass is 868 g/mol. The number of hydrogen-bond donors (Lipinski definition) is 6. The summed E-state index contributed by atoms with van der Waals surface area (Å²) in [5, 5.41) is 33.1. The molecule has 0 saturated carbocycles. The van der Waals surface area contributed by atoms with Crippen LogP contribution >= 0.6 is 22.7 Å². The van der Waals surface area contributed by atoms with Crippen LogP contribution in [-0.4, -0.2) is 58.0 Å². The number of aliphatic hydroxyl groups is 1. The van der Waals surface area contributed by atoms with Crippen molar-refractivity contribution in [2.75, 3.05) is 30.4 Å². The van der Waals surface area contributed by atoms with Crippen molar-refractivity contribution in [3.63, 3.8) is 0 Å². The minimum Gasteiger partial charge on any atom is -0.489 e. The number of aliphatic hydroxyl groups excluding tert-OH is 1. The molecule has 6 aromatic rings. The Bertz CT molecular complexity index is 2570. The van der Waals surface area contributed by atoms with E-state index in [4.69, 9.17) is 10.1 Å². The fourth-order valence-corrected chi connectivity index (χ4v) is 6.88. The molecule has 61 heavy (non-hydrogen) atoms. The number of carbonyl (C=O) groups is 2. The van der Waals surface area contributed by atoms with Crippen molar-refractivity contribution in [1.29, 1.82) is 5.41 Å². The predicted octanol–water partition coefficient (Wildman–Crippen LogP) is 7.73. The second-order valence-electron chi connectivity index (χ2n) is 12.8. The van der Waals surface area contributed by atoms with Gasteiger partial charge in [-0.05, 0) is 35.9 Å². The average Bonchev–Trinajstić information content (AvgIpc) is 3.94. The van der Waals surface area contributed by atoms with Crippen molar-refractivity contribution < 1.29 is 37.0 Å². The number of carbonyl (C=O) groups excluding carboxylic acids is 2. The highest BCUT2D eigenvalue weighted by atomic mass is 32.1. The lowest BCUT2D eigenvalue weighted by molar-refractivity contribution is -0.140. The van der Waals surface area contributed by atoms with Gasteiger partial charge in [0.15, 0.2) is 10.8 Å². The number of rotatable bonds is 17. The van der Waals surface area contributed by atoms with E-state index in [1.165, 1.54) is 23.6 Å². The summed E-state index contributed by atoms with van der Waals surface area (Å²) < 4.78 is 59.1. The molecule has 2 heterocycles. The van der Waals surface area contributed by atoms with Crippen molar-refractivity contribution in [1.82, 2.24) is 20.6 Å². The second-order valence-corrected chi connectivity index (χ2v) is 14.7. The molecule has 0 atom stereocenters. The molecule has 0 radical (unpaired) electrons. The van der Waals surface area contributed by atoms with Crippen LogP contribution in [0.3, 0.4) is 0 Å². The molecule has 6 rings (SSSR count). The Morgan fingerprint density at radius 2 is 1.72 bits per heavy atom. The lowest BCUT2D eigenvalue weighted by atomic mass is 10.1. The van der Waals surface area contributed by atoms with E-state index in [2.05, 4.69) is 48.3 Å². The zero-order chi connectivity index (χ0) is 43.2. The molecule has 0 bridgehead atoms. The molecule has 2 aromatic heterocycles. The highest BCUT2D eigenvalue weighted by Crippen LogP contribution is 2.32. The summed E-state index contributed by atoms with van der Waals surface area (Å²) in [6.07, 6.45) is -3.20. The van der Waals surface area contributed by atoms with Gasteiger partial charge in [-0.3, -0.25) is 25.7 Å². The lowest BCUT2D eigenvalue weighted by Crippen LogP contribution is -2.31. The van der Waals surface area contributed by atoms with Crippen LogP contribution < -0.4 is 26.1 Å². The molecule has 0 spiro atoms. The first-order chi connectivity index (χ1) is 29.5. The van der Waals surface area contributed by atoms with Crippen LogP contribution in [0, 0.1) is 23.1 Å². The van der Waals surface area contributed by atoms with Gasteiger partial charge in [-0.2, -0.15) is 18.3 Å². The number of hydrazone groups is 1. The highest BCUT2D eigenvalue weighted by molar-refractivity contribution is 7.17. The van der Waals surface area contributed by atoms with E-state index >= 15 is 0 Å². The molecule has 0 unspecified atom stereocenters. The Hall–Kier alpha value is -6.78. The Labute approximate surface area is 355 Å². The van der Waals surface area contributed by atoms with Crippen LogP contribution in [0.4, 0.5) is 27.8 Å². The van der Waals surface area contributed by atoms with Crippen LogP contribution in [0.1, 0.15) is 43.9 Å². The van der Waals surface area contributed by atoms with E-state index in [1.54, 1.807) is 48.5 Å². The van der Waals surface area contributed by atoms with Crippen LogP contribution in [0.25, 0.3) is 11.3 Å². The van der Waals surface area contributed by atoms with Gasteiger partial charge in [-0.1, -0.05) is 89.9 Å². The number of ether oxygens (including phenoxy) is 1. The molecule has 0 saturated heterocycles. The Balaban J connectivity index is 1.05. The van der Waals surface area contributed by atoms with Crippen LogP contribution in [0.2, 0.25) is 0 Å². The normalized spacial score (nSPS) is 11.3. The predicted molar refractivity (Wildman–Crippen MR) is 227 cm³/mol. The van der Waals surface area contributed by atoms with Gasteiger partial charge < -0.3 is 20.5 Å². The van der Waals surface area contributed by atoms with E-state index in [0.29, 0.717) is 39.3 Å². The number of halogens is 4. The maximum atomic E-state index is 13.7. The fraction of sp³-hybridized carbons (Fsp3) is 0.163. The van der Waals surface area contributed by atoms with E-state index in [1.807, 2.05) is 35.7 Å². The quantitative estimate of drug-likeness (QED) is 0.0178. The van der Waals surface area contributed by atoms with E-state index in [0.717, 1.165) is 23.0 Å². The first-order valence-electron chi connectivity index (χ1n) is 18.4. The zero-order valence-corrected chi connectivity index (χ0v) is 33.6. The summed E-state index contributed by atoms with van der Waals surface area (Å²) in [7, 11) is 0. The largest absolute Gasteiger partial charge is 0.489 e. The zero-order valence-electron chi connectivity index (χ0n) is 32.0. The van der Waals surface area contributed by atoms with Crippen molar-refractivity contribution >= 4 is 56.2 Å². The molecular formula is C43H36F4N8O4S2. The molecular weight excluding hydrogens is 833 g/mol. The summed E-state index contributed by atoms with van der Waals surface area (Å²) in [6, 6.07) is 25.8. The first-order valence-corrected chi connectivity index (χ1v) is 20.1. The molecule has 312 valence electrons. The van der Waals surface area contributed by atoms with Crippen molar-refractivity contribution in [3.05, 3.63) is 147 Å². The topological polar surface area (TPSA) is 174 Å². The van der Waals surface area contributed by atoms with Crippen molar-refractivity contribution in [2.45, 2.75) is 25.7 Å². The van der Waals surface area contributed by atoms with Crippen LogP contribution in [0.15, 0.2) is 114 Å². The van der Waals surface area contributed by atoms with Crippen molar-refractivity contribution in [3.8, 4) is 28.8 Å². The smallest absolute Gasteiger partial charge is 0.419 e. The number of amides is 2. The van der Waals surface area contributed by atoms with Crippen LogP contribution in [0.5, 0.6) is 5.75 Å². The number of nitrogens with zero attached hydrogens (tertiary/aromatic N) is 3. The summed E-state index contributed by atoms with van der Waals surface area (Å²) in [6.45, 7) is 0.398. The van der Waals surface area contributed by atoms with Crippen LogP contribution in [-0.2, 0) is 24.1 Å². The SMILES string of the molecule is N=C(/C(=N\Nc1ncc(C(=O)NCCC#Cc2ccc(OCc3ccc(F)c(C(F)(F)F)c3)c(CNCCO)c2)s1)C(=O)Nc1nc(-c2ccccc2)cs1)c1ccccc1. The Kier molecular flexibility index (Phi) is 15.0. The third kappa shape index (κ3) is 12.4. The van der Waals surface area contributed by atoms with E-state index in [-0.39, 0.29) is 66.3 Å². The lowest BCUT2D eigenvalue weighted by Gasteiger charge is -2.14. The molecule has 12 nitrogen and oxygen atoms in total. The van der Waals surface area contributed by atoms with Gasteiger partial charge in [0, 0.05) is 53.7 Å².